The Morgan fingerprint density at radius 3 is 2.74 bits per heavy atom. The fourth-order valence-corrected chi connectivity index (χ4v) is 2.59. The molecule has 2 rings (SSSR count). The molecule has 0 aliphatic rings. The number of anilines is 1. The number of rotatable bonds is 8. The van der Waals surface area contributed by atoms with Gasteiger partial charge in [0.2, 0.25) is 0 Å². The van der Waals surface area contributed by atoms with Crippen molar-refractivity contribution >= 4 is 59.0 Å². The summed E-state index contributed by atoms with van der Waals surface area (Å²) in [4.78, 5) is 8.55. The second-order valence-electron chi connectivity index (χ2n) is 5.78. The van der Waals surface area contributed by atoms with E-state index in [2.05, 4.69) is 25.9 Å². The summed E-state index contributed by atoms with van der Waals surface area (Å²) < 4.78 is 5.26. The third-order valence-electron chi connectivity index (χ3n) is 3.46. The lowest BCUT2D eigenvalue weighted by molar-refractivity contribution is 0.0437. The highest BCUT2D eigenvalue weighted by molar-refractivity contribution is 14.0. The molecule has 0 bridgehead atoms. The molecule has 1 unspecified atom stereocenters. The SMILES string of the molecule is CCNC(=NCC(C)(O)c1ccco1)NCCNc1ncc(Cl)cc1Cl.I. The number of pyridine rings is 1. The lowest BCUT2D eigenvalue weighted by Gasteiger charge is -2.19. The van der Waals surface area contributed by atoms with E-state index in [4.69, 9.17) is 27.6 Å². The largest absolute Gasteiger partial charge is 0.466 e. The molecular formula is C17H24Cl2IN5O2. The molecule has 2 heterocycles. The number of nitrogens with zero attached hydrogens (tertiary/aromatic N) is 2. The zero-order valence-electron chi connectivity index (χ0n) is 15.1. The van der Waals surface area contributed by atoms with Gasteiger partial charge in [-0.15, -0.1) is 24.0 Å². The van der Waals surface area contributed by atoms with Crippen LogP contribution in [0, 0.1) is 0 Å². The molecule has 0 amide bonds. The molecule has 2 aromatic heterocycles. The van der Waals surface area contributed by atoms with Crippen molar-refractivity contribution in [1.82, 2.24) is 15.6 Å². The Morgan fingerprint density at radius 2 is 2.11 bits per heavy atom. The first kappa shape index (κ1) is 23.8. The topological polar surface area (TPSA) is 94.7 Å². The van der Waals surface area contributed by atoms with Crippen molar-refractivity contribution in [2.24, 2.45) is 4.99 Å². The number of aliphatic hydroxyl groups is 1. The van der Waals surface area contributed by atoms with Crippen LogP contribution in [0.1, 0.15) is 19.6 Å². The fourth-order valence-electron chi connectivity index (χ4n) is 2.14. The molecule has 27 heavy (non-hydrogen) atoms. The molecule has 1 atom stereocenters. The molecule has 150 valence electrons. The van der Waals surface area contributed by atoms with Crippen molar-refractivity contribution in [2.75, 3.05) is 31.5 Å². The van der Waals surface area contributed by atoms with Gasteiger partial charge in [0.05, 0.1) is 22.9 Å². The van der Waals surface area contributed by atoms with Crippen molar-refractivity contribution < 1.29 is 9.52 Å². The van der Waals surface area contributed by atoms with Crippen LogP contribution in [0.2, 0.25) is 10.0 Å². The lowest BCUT2D eigenvalue weighted by Crippen LogP contribution is -2.40. The molecular weight excluding hydrogens is 504 g/mol. The molecule has 0 saturated heterocycles. The van der Waals surface area contributed by atoms with Crippen LogP contribution in [0.15, 0.2) is 40.1 Å². The van der Waals surface area contributed by atoms with Crippen molar-refractivity contribution in [3.63, 3.8) is 0 Å². The molecule has 0 aliphatic heterocycles. The standard InChI is InChI=1S/C17H23Cl2N5O2.HI/c1-3-20-16(24-11-17(2,25)14-5-4-8-26-14)22-7-6-21-15-13(19)9-12(18)10-23-15;/h4-5,8-10,25H,3,6-7,11H2,1-2H3,(H,21,23)(H2,20,22,24);1H. The van der Waals surface area contributed by atoms with Crippen LogP contribution in [0.3, 0.4) is 0 Å². The number of halogens is 3. The van der Waals surface area contributed by atoms with Gasteiger partial charge in [0, 0.05) is 25.8 Å². The number of aliphatic imine (C=N–C) groups is 1. The van der Waals surface area contributed by atoms with E-state index in [0.29, 0.717) is 47.2 Å². The van der Waals surface area contributed by atoms with E-state index in [0.717, 1.165) is 0 Å². The molecule has 4 N–H and O–H groups in total. The van der Waals surface area contributed by atoms with Crippen LogP contribution < -0.4 is 16.0 Å². The van der Waals surface area contributed by atoms with Gasteiger partial charge in [-0.1, -0.05) is 23.2 Å². The van der Waals surface area contributed by atoms with E-state index in [1.807, 2.05) is 6.92 Å². The minimum Gasteiger partial charge on any atom is -0.466 e. The number of furan rings is 1. The normalized spacial score (nSPS) is 13.4. The highest BCUT2D eigenvalue weighted by atomic mass is 127. The highest BCUT2D eigenvalue weighted by Crippen LogP contribution is 2.22. The van der Waals surface area contributed by atoms with Crippen LogP contribution >= 0.6 is 47.2 Å². The van der Waals surface area contributed by atoms with Crippen molar-refractivity contribution in [3.8, 4) is 0 Å². The molecule has 10 heteroatoms. The maximum atomic E-state index is 10.5. The quantitative estimate of drug-likeness (QED) is 0.182. The van der Waals surface area contributed by atoms with E-state index < -0.39 is 5.60 Å². The number of hydrogen-bond donors (Lipinski definition) is 4. The van der Waals surface area contributed by atoms with Gasteiger partial charge in [-0.3, -0.25) is 0 Å². The molecule has 0 aliphatic carbocycles. The van der Waals surface area contributed by atoms with E-state index in [1.54, 1.807) is 25.1 Å². The number of hydrogen-bond acceptors (Lipinski definition) is 5. The predicted molar refractivity (Wildman–Crippen MR) is 120 cm³/mol. The smallest absolute Gasteiger partial charge is 0.191 e. The second kappa shape index (κ2) is 11.6. The second-order valence-corrected chi connectivity index (χ2v) is 6.63. The summed E-state index contributed by atoms with van der Waals surface area (Å²) in [7, 11) is 0. The molecule has 0 aromatic carbocycles. The maximum absolute atomic E-state index is 10.5. The van der Waals surface area contributed by atoms with Crippen molar-refractivity contribution in [1.29, 1.82) is 0 Å². The Kier molecular flexibility index (Phi) is 10.2. The summed E-state index contributed by atoms with van der Waals surface area (Å²) in [5, 5.41) is 20.8. The Hall–Kier alpha value is -1.23. The Bertz CT molecular complexity index is 726. The first-order valence-electron chi connectivity index (χ1n) is 8.26. The predicted octanol–water partition coefficient (Wildman–Crippen LogP) is 3.47. The Morgan fingerprint density at radius 1 is 1.33 bits per heavy atom. The molecule has 7 nitrogen and oxygen atoms in total. The Labute approximate surface area is 186 Å². The summed E-state index contributed by atoms with van der Waals surface area (Å²) >= 11 is 11.9. The van der Waals surface area contributed by atoms with Gasteiger partial charge in [0.1, 0.15) is 17.2 Å². The van der Waals surface area contributed by atoms with Gasteiger partial charge in [0.15, 0.2) is 5.96 Å². The van der Waals surface area contributed by atoms with E-state index in [1.165, 1.54) is 12.5 Å². The van der Waals surface area contributed by atoms with Crippen LogP contribution in [0.5, 0.6) is 0 Å². The highest BCUT2D eigenvalue weighted by Gasteiger charge is 2.26. The van der Waals surface area contributed by atoms with Crippen LogP contribution in [-0.2, 0) is 5.60 Å². The molecule has 0 radical (unpaired) electrons. The van der Waals surface area contributed by atoms with Crippen LogP contribution in [0.4, 0.5) is 5.82 Å². The van der Waals surface area contributed by atoms with Crippen molar-refractivity contribution in [3.05, 3.63) is 46.5 Å². The summed E-state index contributed by atoms with van der Waals surface area (Å²) in [5.74, 6) is 1.64. The minimum absolute atomic E-state index is 0. The molecule has 2 aromatic rings. The minimum atomic E-state index is -1.18. The first-order valence-corrected chi connectivity index (χ1v) is 9.01. The zero-order chi connectivity index (χ0) is 19.0. The third-order valence-corrected chi connectivity index (χ3v) is 3.95. The molecule has 0 saturated carbocycles. The summed E-state index contributed by atoms with van der Waals surface area (Å²) in [6.07, 6.45) is 3.06. The van der Waals surface area contributed by atoms with Gasteiger partial charge in [-0.25, -0.2) is 9.98 Å². The van der Waals surface area contributed by atoms with Crippen molar-refractivity contribution in [2.45, 2.75) is 19.4 Å². The van der Waals surface area contributed by atoms with Crippen LogP contribution in [-0.4, -0.2) is 42.2 Å². The number of nitrogens with one attached hydrogen (secondary N) is 3. The van der Waals surface area contributed by atoms with Gasteiger partial charge in [-0.05, 0) is 32.0 Å². The van der Waals surface area contributed by atoms with Gasteiger partial charge in [-0.2, -0.15) is 0 Å². The van der Waals surface area contributed by atoms with E-state index in [-0.39, 0.29) is 30.5 Å². The molecule has 0 fully saturated rings. The third kappa shape index (κ3) is 7.73. The van der Waals surface area contributed by atoms with Gasteiger partial charge in [0.25, 0.3) is 0 Å². The zero-order valence-corrected chi connectivity index (χ0v) is 19.0. The summed E-state index contributed by atoms with van der Waals surface area (Å²) in [6, 6.07) is 5.09. The summed E-state index contributed by atoms with van der Waals surface area (Å²) in [5.41, 5.74) is -1.18. The molecule has 0 spiro atoms. The van der Waals surface area contributed by atoms with Gasteiger partial charge < -0.3 is 25.5 Å². The average Bonchev–Trinajstić information content (AvgIpc) is 3.13. The van der Waals surface area contributed by atoms with E-state index >= 15 is 0 Å². The summed E-state index contributed by atoms with van der Waals surface area (Å²) in [6.45, 7) is 5.65. The fraction of sp³-hybridized carbons (Fsp3) is 0.412. The number of aromatic nitrogens is 1. The maximum Gasteiger partial charge on any atom is 0.191 e. The van der Waals surface area contributed by atoms with E-state index in [9.17, 15) is 5.11 Å². The monoisotopic (exact) mass is 527 g/mol. The average molecular weight is 528 g/mol. The van der Waals surface area contributed by atoms with Crippen LogP contribution in [0.25, 0.3) is 0 Å². The number of guanidine groups is 1. The lowest BCUT2D eigenvalue weighted by atomic mass is 10.0. The van der Waals surface area contributed by atoms with Gasteiger partial charge >= 0.3 is 0 Å². The first-order chi connectivity index (χ1) is 12.4. The Balaban J connectivity index is 0.00000364.